The van der Waals surface area contributed by atoms with E-state index in [4.69, 9.17) is 0 Å². The highest BCUT2D eigenvalue weighted by molar-refractivity contribution is 5.79. The Morgan fingerprint density at radius 2 is 2.04 bits per heavy atom. The summed E-state index contributed by atoms with van der Waals surface area (Å²) in [4.78, 5) is 29.1. The summed E-state index contributed by atoms with van der Waals surface area (Å²) < 4.78 is 0. The molecule has 1 saturated carbocycles. The lowest BCUT2D eigenvalue weighted by atomic mass is 9.73. The second-order valence-electron chi connectivity index (χ2n) is 8.15. The number of ketones is 1. The van der Waals surface area contributed by atoms with Crippen molar-refractivity contribution in [1.82, 2.24) is 9.80 Å². The van der Waals surface area contributed by atoms with Crippen LogP contribution in [0.25, 0.3) is 0 Å². The van der Waals surface area contributed by atoms with E-state index in [1.54, 1.807) is 0 Å². The molecule has 0 N–H and O–H groups in total. The zero-order chi connectivity index (χ0) is 18.5. The van der Waals surface area contributed by atoms with E-state index >= 15 is 0 Å². The van der Waals surface area contributed by atoms with Gasteiger partial charge in [0.25, 0.3) is 0 Å². The van der Waals surface area contributed by atoms with Crippen LogP contribution in [-0.2, 0) is 16.1 Å². The third kappa shape index (κ3) is 4.73. The second kappa shape index (κ2) is 8.81. The Labute approximate surface area is 157 Å². The van der Waals surface area contributed by atoms with Crippen molar-refractivity contribution in [2.45, 2.75) is 58.0 Å². The summed E-state index contributed by atoms with van der Waals surface area (Å²) in [5.41, 5.74) is 1.16. The zero-order valence-corrected chi connectivity index (χ0v) is 16.2. The van der Waals surface area contributed by atoms with Gasteiger partial charge in [0.2, 0.25) is 5.91 Å². The molecule has 0 aromatic heterocycles. The van der Waals surface area contributed by atoms with Crippen molar-refractivity contribution >= 4 is 11.7 Å². The van der Waals surface area contributed by atoms with Crippen LogP contribution in [0.2, 0.25) is 0 Å². The maximum Gasteiger partial charge on any atom is 0.222 e. The number of likely N-dealkylation sites (tertiary alicyclic amines) is 1. The molecular formula is C22H32N2O2. The number of carbonyl (C=O) groups is 2. The van der Waals surface area contributed by atoms with Crippen molar-refractivity contribution in [1.29, 1.82) is 0 Å². The molecule has 1 aliphatic carbocycles. The number of amides is 1. The first kappa shape index (κ1) is 19.1. The average Bonchev–Trinajstić information content (AvgIpc) is 2.62. The highest BCUT2D eigenvalue weighted by Crippen LogP contribution is 2.37. The predicted molar refractivity (Wildman–Crippen MR) is 104 cm³/mol. The van der Waals surface area contributed by atoms with Crippen molar-refractivity contribution in [3.05, 3.63) is 35.9 Å². The highest BCUT2D eigenvalue weighted by atomic mass is 16.2. The van der Waals surface area contributed by atoms with E-state index in [1.807, 2.05) is 30.1 Å². The fourth-order valence-corrected chi connectivity index (χ4v) is 4.81. The Balaban J connectivity index is 1.59. The van der Waals surface area contributed by atoms with Gasteiger partial charge in [-0.25, -0.2) is 0 Å². The van der Waals surface area contributed by atoms with Gasteiger partial charge in [-0.15, -0.1) is 0 Å². The molecule has 1 heterocycles. The Morgan fingerprint density at radius 1 is 1.27 bits per heavy atom. The number of hydrogen-bond donors (Lipinski definition) is 0. The van der Waals surface area contributed by atoms with Crippen molar-refractivity contribution in [2.75, 3.05) is 20.1 Å². The molecule has 1 amide bonds. The first-order valence-corrected chi connectivity index (χ1v) is 10.1. The summed E-state index contributed by atoms with van der Waals surface area (Å²) in [5, 5.41) is 0. The molecule has 142 valence electrons. The first-order chi connectivity index (χ1) is 12.6. The number of Topliss-reactive ketones (excluding diaryl/α,β-unsaturated/α-hetero) is 1. The van der Waals surface area contributed by atoms with Gasteiger partial charge in [0.05, 0.1) is 0 Å². The van der Waals surface area contributed by atoms with E-state index < -0.39 is 0 Å². The molecule has 1 aliphatic heterocycles. The van der Waals surface area contributed by atoms with Crippen molar-refractivity contribution in [3.63, 3.8) is 0 Å². The third-order valence-corrected chi connectivity index (χ3v) is 6.01. The lowest BCUT2D eigenvalue weighted by molar-refractivity contribution is -0.132. The van der Waals surface area contributed by atoms with Gasteiger partial charge in [0.15, 0.2) is 0 Å². The number of piperidine rings is 1. The Morgan fingerprint density at radius 3 is 2.77 bits per heavy atom. The molecule has 1 saturated heterocycles. The smallest absolute Gasteiger partial charge is 0.222 e. The highest BCUT2D eigenvalue weighted by Gasteiger charge is 2.39. The van der Waals surface area contributed by atoms with Crippen molar-refractivity contribution in [2.24, 2.45) is 11.8 Å². The fraction of sp³-hybridized carbons (Fsp3) is 0.636. The Kier molecular flexibility index (Phi) is 6.47. The summed E-state index contributed by atoms with van der Waals surface area (Å²) in [7, 11) is 1.90. The summed E-state index contributed by atoms with van der Waals surface area (Å²) in [6.07, 6.45) is 5.23. The molecule has 4 nitrogen and oxygen atoms in total. The van der Waals surface area contributed by atoms with Gasteiger partial charge in [-0.2, -0.15) is 0 Å². The van der Waals surface area contributed by atoms with Crippen molar-refractivity contribution in [3.8, 4) is 0 Å². The molecule has 0 spiro atoms. The second-order valence-corrected chi connectivity index (χ2v) is 8.15. The molecule has 4 heteroatoms. The van der Waals surface area contributed by atoms with Crippen LogP contribution in [0.1, 0.15) is 51.0 Å². The zero-order valence-electron chi connectivity index (χ0n) is 16.2. The summed E-state index contributed by atoms with van der Waals surface area (Å²) >= 11 is 0. The van der Waals surface area contributed by atoms with Gasteiger partial charge in [-0.3, -0.25) is 14.5 Å². The molecule has 1 aromatic carbocycles. The van der Waals surface area contributed by atoms with Crippen LogP contribution in [0.3, 0.4) is 0 Å². The topological polar surface area (TPSA) is 40.6 Å². The van der Waals surface area contributed by atoms with Crippen LogP contribution in [0.15, 0.2) is 30.3 Å². The fourth-order valence-electron chi connectivity index (χ4n) is 4.81. The Bertz CT molecular complexity index is 616. The molecule has 1 aromatic rings. The molecule has 2 fully saturated rings. The van der Waals surface area contributed by atoms with Gasteiger partial charge < -0.3 is 4.90 Å². The summed E-state index contributed by atoms with van der Waals surface area (Å²) in [6.45, 7) is 4.97. The SMILES string of the molecule is CCCN1C[C@@H](CC(=O)N(C)Cc2ccccc2)C[C@@H]2CC(=O)CC[C@H]21. The van der Waals surface area contributed by atoms with E-state index in [0.29, 0.717) is 36.6 Å². The number of hydrogen-bond acceptors (Lipinski definition) is 3. The van der Waals surface area contributed by atoms with Crippen LogP contribution >= 0.6 is 0 Å². The van der Waals surface area contributed by atoms with E-state index in [1.165, 1.54) is 0 Å². The van der Waals surface area contributed by atoms with Gasteiger partial charge >= 0.3 is 0 Å². The van der Waals surface area contributed by atoms with Crippen LogP contribution in [0.4, 0.5) is 0 Å². The molecule has 0 bridgehead atoms. The van der Waals surface area contributed by atoms with Gasteiger partial charge in [0, 0.05) is 45.4 Å². The average molecular weight is 357 g/mol. The molecule has 0 radical (unpaired) electrons. The van der Waals surface area contributed by atoms with Crippen LogP contribution in [-0.4, -0.2) is 47.7 Å². The van der Waals surface area contributed by atoms with Crippen LogP contribution in [0.5, 0.6) is 0 Å². The number of benzene rings is 1. The minimum Gasteiger partial charge on any atom is -0.341 e. The Hall–Kier alpha value is -1.68. The maximum atomic E-state index is 12.7. The normalized spacial score (nSPS) is 26.4. The van der Waals surface area contributed by atoms with Crippen molar-refractivity contribution < 1.29 is 9.59 Å². The molecular weight excluding hydrogens is 324 g/mol. The lowest BCUT2D eigenvalue weighted by Gasteiger charge is -2.47. The summed E-state index contributed by atoms with van der Waals surface area (Å²) in [6, 6.07) is 10.7. The van der Waals surface area contributed by atoms with Crippen LogP contribution in [0, 0.1) is 11.8 Å². The standard InChI is InChI=1S/C22H32N2O2/c1-3-11-24-16-18(12-19-14-20(25)9-10-21(19)24)13-22(26)23(2)15-17-7-5-4-6-8-17/h4-8,18-19,21H,3,9-16H2,1-2H3/t18-,19-,21-/m1/s1. The monoisotopic (exact) mass is 356 g/mol. The minimum atomic E-state index is 0.218. The number of carbonyl (C=O) groups excluding carboxylic acids is 2. The molecule has 2 aliphatic rings. The minimum absolute atomic E-state index is 0.218. The number of nitrogens with zero attached hydrogens (tertiary/aromatic N) is 2. The molecule has 3 rings (SSSR count). The quantitative estimate of drug-likeness (QED) is 0.783. The molecule has 26 heavy (non-hydrogen) atoms. The molecule has 3 atom stereocenters. The maximum absolute atomic E-state index is 12.7. The third-order valence-electron chi connectivity index (χ3n) is 6.01. The van der Waals surface area contributed by atoms with Crippen LogP contribution < -0.4 is 0 Å². The van der Waals surface area contributed by atoms with Gasteiger partial charge in [0.1, 0.15) is 5.78 Å². The van der Waals surface area contributed by atoms with E-state index in [2.05, 4.69) is 24.0 Å². The number of fused-ring (bicyclic) bond motifs is 1. The number of rotatable bonds is 6. The first-order valence-electron chi connectivity index (χ1n) is 10.1. The largest absolute Gasteiger partial charge is 0.341 e. The molecule has 0 unspecified atom stereocenters. The summed E-state index contributed by atoms with van der Waals surface area (Å²) in [5.74, 6) is 1.46. The van der Waals surface area contributed by atoms with E-state index in [9.17, 15) is 9.59 Å². The predicted octanol–water partition coefficient (Wildman–Crippen LogP) is 3.50. The lowest BCUT2D eigenvalue weighted by Crippen LogP contribution is -2.52. The van der Waals surface area contributed by atoms with Gasteiger partial charge in [-0.1, -0.05) is 37.3 Å². The van der Waals surface area contributed by atoms with Gasteiger partial charge in [-0.05, 0) is 43.2 Å². The van der Waals surface area contributed by atoms with E-state index in [-0.39, 0.29) is 5.91 Å². The van der Waals surface area contributed by atoms with E-state index in [0.717, 1.165) is 50.8 Å².